The van der Waals surface area contributed by atoms with Crippen molar-refractivity contribution in [2.24, 2.45) is 11.7 Å². The summed E-state index contributed by atoms with van der Waals surface area (Å²) in [6.45, 7) is 6.58. The largest absolute Gasteiger partial charge is 0.327 e. The van der Waals surface area contributed by atoms with Crippen LogP contribution in [0.3, 0.4) is 0 Å². The molecule has 1 aliphatic heterocycles. The van der Waals surface area contributed by atoms with Gasteiger partial charge in [-0.1, -0.05) is 30.7 Å². The van der Waals surface area contributed by atoms with E-state index in [9.17, 15) is 0 Å². The molecule has 1 aromatic carbocycles. The van der Waals surface area contributed by atoms with Crippen LogP contribution in [0.25, 0.3) is 0 Å². The normalized spacial score (nSPS) is 30.5. The van der Waals surface area contributed by atoms with Crippen LogP contribution in [0.15, 0.2) is 24.3 Å². The lowest BCUT2D eigenvalue weighted by Gasteiger charge is -2.41. The summed E-state index contributed by atoms with van der Waals surface area (Å²) in [5.74, 6) is 0.558. The van der Waals surface area contributed by atoms with E-state index in [1.54, 1.807) is 0 Å². The second kappa shape index (κ2) is 5.38. The Labute approximate surface area is 109 Å². The topological polar surface area (TPSA) is 29.3 Å². The summed E-state index contributed by atoms with van der Waals surface area (Å²) in [7, 11) is 0. The van der Waals surface area contributed by atoms with Gasteiger partial charge in [-0.3, -0.25) is 4.90 Å². The van der Waals surface area contributed by atoms with Gasteiger partial charge in [0, 0.05) is 30.2 Å². The van der Waals surface area contributed by atoms with E-state index in [2.05, 4.69) is 24.8 Å². The van der Waals surface area contributed by atoms with Crippen LogP contribution in [0.4, 0.5) is 0 Å². The molecule has 1 fully saturated rings. The van der Waals surface area contributed by atoms with E-state index >= 15 is 0 Å². The van der Waals surface area contributed by atoms with Crippen LogP contribution >= 0.6 is 11.6 Å². The van der Waals surface area contributed by atoms with E-state index in [1.165, 1.54) is 5.56 Å². The monoisotopic (exact) mass is 252 g/mol. The second-order valence-electron chi connectivity index (χ2n) is 5.15. The van der Waals surface area contributed by atoms with Gasteiger partial charge in [-0.25, -0.2) is 0 Å². The Bertz CT molecular complexity index is 380. The Morgan fingerprint density at radius 2 is 2.18 bits per heavy atom. The molecule has 2 N–H and O–H groups in total. The van der Waals surface area contributed by atoms with Gasteiger partial charge in [0.2, 0.25) is 0 Å². The Morgan fingerprint density at radius 3 is 2.88 bits per heavy atom. The molecule has 17 heavy (non-hydrogen) atoms. The summed E-state index contributed by atoms with van der Waals surface area (Å²) in [5, 5.41) is 0.817. The first kappa shape index (κ1) is 12.9. The lowest BCUT2D eigenvalue weighted by Crippen LogP contribution is -2.51. The molecule has 3 heteroatoms. The zero-order valence-corrected chi connectivity index (χ0v) is 11.3. The van der Waals surface area contributed by atoms with E-state index in [4.69, 9.17) is 17.3 Å². The molecule has 0 aromatic heterocycles. The number of piperidine rings is 1. The standard InChI is InChI=1S/C14H21ClN2/c1-10-11(2)17(7-6-14(10)16)9-12-4-3-5-13(15)8-12/h3-5,8,10-11,14H,6-7,9,16H2,1-2H3. The molecule has 3 unspecified atom stereocenters. The Kier molecular flexibility index (Phi) is 4.08. The quantitative estimate of drug-likeness (QED) is 0.877. The smallest absolute Gasteiger partial charge is 0.0409 e. The average Bonchev–Trinajstić information content (AvgIpc) is 2.30. The Hall–Kier alpha value is -0.570. The number of hydrogen-bond donors (Lipinski definition) is 1. The molecule has 2 rings (SSSR count). The summed E-state index contributed by atoms with van der Waals surface area (Å²) in [6.07, 6.45) is 1.09. The van der Waals surface area contributed by atoms with Gasteiger partial charge in [-0.15, -0.1) is 0 Å². The Morgan fingerprint density at radius 1 is 1.41 bits per heavy atom. The van der Waals surface area contributed by atoms with Gasteiger partial charge >= 0.3 is 0 Å². The van der Waals surface area contributed by atoms with Gasteiger partial charge in [0.05, 0.1) is 0 Å². The summed E-state index contributed by atoms with van der Waals surface area (Å²) in [4.78, 5) is 2.50. The molecule has 0 bridgehead atoms. The number of rotatable bonds is 2. The predicted molar refractivity (Wildman–Crippen MR) is 73.1 cm³/mol. The highest BCUT2D eigenvalue weighted by molar-refractivity contribution is 6.30. The molecule has 1 heterocycles. The van der Waals surface area contributed by atoms with Crippen LogP contribution in [0.2, 0.25) is 5.02 Å². The maximum atomic E-state index is 6.10. The van der Waals surface area contributed by atoms with E-state index in [-0.39, 0.29) is 0 Å². The van der Waals surface area contributed by atoms with Gasteiger partial charge in [0.25, 0.3) is 0 Å². The first-order chi connectivity index (χ1) is 8.08. The highest BCUT2D eigenvalue weighted by atomic mass is 35.5. The molecule has 3 atom stereocenters. The van der Waals surface area contributed by atoms with Crippen molar-refractivity contribution in [3.05, 3.63) is 34.9 Å². The lowest BCUT2D eigenvalue weighted by atomic mass is 9.87. The minimum Gasteiger partial charge on any atom is -0.327 e. The fourth-order valence-electron chi connectivity index (χ4n) is 2.56. The van der Waals surface area contributed by atoms with Gasteiger partial charge in [0.1, 0.15) is 0 Å². The number of benzene rings is 1. The molecule has 1 aliphatic rings. The molecule has 0 amide bonds. The number of nitrogens with zero attached hydrogens (tertiary/aromatic N) is 1. The van der Waals surface area contributed by atoms with Crippen molar-refractivity contribution < 1.29 is 0 Å². The van der Waals surface area contributed by atoms with Crippen LogP contribution in [0, 0.1) is 5.92 Å². The maximum absolute atomic E-state index is 6.10. The lowest BCUT2D eigenvalue weighted by molar-refractivity contribution is 0.0910. The molecule has 94 valence electrons. The summed E-state index contributed by atoms with van der Waals surface area (Å²) < 4.78 is 0. The summed E-state index contributed by atoms with van der Waals surface area (Å²) in [6, 6.07) is 9.01. The van der Waals surface area contributed by atoms with Gasteiger partial charge < -0.3 is 5.73 Å². The molecule has 0 saturated carbocycles. The van der Waals surface area contributed by atoms with Crippen molar-refractivity contribution in [2.45, 2.75) is 38.9 Å². The van der Waals surface area contributed by atoms with E-state index < -0.39 is 0 Å². The molecule has 1 saturated heterocycles. The zero-order valence-electron chi connectivity index (χ0n) is 10.6. The summed E-state index contributed by atoms with van der Waals surface area (Å²) >= 11 is 6.01. The van der Waals surface area contributed by atoms with Crippen LogP contribution in [-0.2, 0) is 6.54 Å². The third kappa shape index (κ3) is 3.01. The van der Waals surface area contributed by atoms with E-state index in [1.807, 2.05) is 18.2 Å². The predicted octanol–water partition coefficient (Wildman–Crippen LogP) is 2.90. The fourth-order valence-corrected chi connectivity index (χ4v) is 2.78. The first-order valence-electron chi connectivity index (χ1n) is 6.32. The third-order valence-corrected chi connectivity index (χ3v) is 4.27. The third-order valence-electron chi connectivity index (χ3n) is 4.04. The van der Waals surface area contributed by atoms with Crippen LogP contribution in [-0.4, -0.2) is 23.5 Å². The zero-order chi connectivity index (χ0) is 12.4. The van der Waals surface area contributed by atoms with Crippen molar-refractivity contribution in [2.75, 3.05) is 6.54 Å². The molecular formula is C14H21ClN2. The number of halogens is 1. The minimum absolute atomic E-state index is 0.348. The SMILES string of the molecule is CC1C(N)CCN(Cc2cccc(Cl)c2)C1C. The van der Waals surface area contributed by atoms with Crippen molar-refractivity contribution >= 4 is 11.6 Å². The molecular weight excluding hydrogens is 232 g/mol. The first-order valence-corrected chi connectivity index (χ1v) is 6.70. The van der Waals surface area contributed by atoms with Gasteiger partial charge in [-0.05, 0) is 37.0 Å². The molecule has 0 aliphatic carbocycles. The molecule has 0 radical (unpaired) electrons. The van der Waals surface area contributed by atoms with Crippen molar-refractivity contribution in [3.63, 3.8) is 0 Å². The Balaban J connectivity index is 2.04. The summed E-state index contributed by atoms with van der Waals surface area (Å²) in [5.41, 5.74) is 7.38. The van der Waals surface area contributed by atoms with Crippen molar-refractivity contribution in [1.29, 1.82) is 0 Å². The van der Waals surface area contributed by atoms with Crippen molar-refractivity contribution in [3.8, 4) is 0 Å². The average molecular weight is 253 g/mol. The maximum Gasteiger partial charge on any atom is 0.0409 e. The minimum atomic E-state index is 0.348. The second-order valence-corrected chi connectivity index (χ2v) is 5.59. The molecule has 0 spiro atoms. The number of likely N-dealkylation sites (tertiary alicyclic amines) is 1. The molecule has 1 aromatic rings. The van der Waals surface area contributed by atoms with Crippen LogP contribution < -0.4 is 5.73 Å². The van der Waals surface area contributed by atoms with E-state index in [0.29, 0.717) is 18.0 Å². The van der Waals surface area contributed by atoms with E-state index in [0.717, 1.165) is 24.5 Å². The van der Waals surface area contributed by atoms with Crippen molar-refractivity contribution in [1.82, 2.24) is 4.90 Å². The highest BCUT2D eigenvalue weighted by Crippen LogP contribution is 2.24. The highest BCUT2D eigenvalue weighted by Gasteiger charge is 2.29. The van der Waals surface area contributed by atoms with Gasteiger partial charge in [0.15, 0.2) is 0 Å². The fraction of sp³-hybridized carbons (Fsp3) is 0.571. The van der Waals surface area contributed by atoms with Crippen LogP contribution in [0.1, 0.15) is 25.8 Å². The van der Waals surface area contributed by atoms with Crippen LogP contribution in [0.5, 0.6) is 0 Å². The van der Waals surface area contributed by atoms with Gasteiger partial charge in [-0.2, -0.15) is 0 Å². The number of hydrogen-bond acceptors (Lipinski definition) is 2. The number of nitrogens with two attached hydrogens (primary N) is 1. The molecule has 2 nitrogen and oxygen atoms in total.